The quantitative estimate of drug-likeness (QED) is 0.595. The number of nitrogens with one attached hydrogen (secondary N) is 1. The fraction of sp³-hybridized carbons (Fsp3) is 0.136. The maximum Gasteiger partial charge on any atom is 0.305 e. The van der Waals surface area contributed by atoms with Crippen LogP contribution in [0.4, 0.5) is 4.39 Å². The van der Waals surface area contributed by atoms with Crippen LogP contribution < -0.4 is 10.1 Å². The Morgan fingerprint density at radius 3 is 2.37 bits per heavy atom. The molecule has 3 rings (SSSR count). The predicted octanol–water partition coefficient (Wildman–Crippen LogP) is 4.92. The molecule has 1 unspecified atom stereocenters. The standard InChI is InChI=1S/C22H20FNO3/c23-18-11-9-17(10-12-18)21(14-22(25)26)24-15-16-5-4-8-20(13-16)27-19-6-2-1-3-7-19/h1-13,21,24H,14-15H2,(H,25,26). The fourth-order valence-corrected chi connectivity index (χ4v) is 2.76. The Bertz CT molecular complexity index is 882. The van der Waals surface area contributed by atoms with E-state index in [9.17, 15) is 14.3 Å². The van der Waals surface area contributed by atoms with E-state index in [1.54, 1.807) is 12.1 Å². The van der Waals surface area contributed by atoms with Crippen molar-refractivity contribution in [2.24, 2.45) is 0 Å². The van der Waals surface area contributed by atoms with E-state index in [4.69, 9.17) is 4.74 Å². The van der Waals surface area contributed by atoms with Gasteiger partial charge in [0.2, 0.25) is 0 Å². The van der Waals surface area contributed by atoms with E-state index >= 15 is 0 Å². The van der Waals surface area contributed by atoms with Gasteiger partial charge in [-0.1, -0.05) is 42.5 Å². The summed E-state index contributed by atoms with van der Waals surface area (Å²) in [6.07, 6.45) is -0.0914. The van der Waals surface area contributed by atoms with Crippen LogP contribution in [0, 0.1) is 5.82 Å². The van der Waals surface area contributed by atoms with Gasteiger partial charge in [0.25, 0.3) is 0 Å². The van der Waals surface area contributed by atoms with Crippen molar-refractivity contribution in [2.45, 2.75) is 19.0 Å². The first-order chi connectivity index (χ1) is 13.1. The summed E-state index contributed by atoms with van der Waals surface area (Å²) in [6.45, 7) is 0.460. The lowest BCUT2D eigenvalue weighted by Crippen LogP contribution is -2.23. The molecule has 0 amide bonds. The molecule has 4 nitrogen and oxygen atoms in total. The van der Waals surface area contributed by atoms with Gasteiger partial charge in [0.1, 0.15) is 17.3 Å². The van der Waals surface area contributed by atoms with Crippen molar-refractivity contribution in [3.8, 4) is 11.5 Å². The lowest BCUT2D eigenvalue weighted by Gasteiger charge is -2.18. The van der Waals surface area contributed by atoms with E-state index in [1.165, 1.54) is 12.1 Å². The number of ether oxygens (including phenoxy) is 1. The first kappa shape index (κ1) is 18.6. The summed E-state index contributed by atoms with van der Waals surface area (Å²) in [7, 11) is 0. The zero-order valence-corrected chi connectivity index (χ0v) is 14.6. The number of carbonyl (C=O) groups is 1. The molecule has 0 fully saturated rings. The van der Waals surface area contributed by atoms with E-state index in [0.717, 1.165) is 16.9 Å². The van der Waals surface area contributed by atoms with Gasteiger partial charge in [0.15, 0.2) is 0 Å². The molecule has 2 N–H and O–H groups in total. The topological polar surface area (TPSA) is 58.6 Å². The fourth-order valence-electron chi connectivity index (χ4n) is 2.76. The lowest BCUT2D eigenvalue weighted by atomic mass is 10.0. The number of para-hydroxylation sites is 1. The molecule has 3 aromatic carbocycles. The first-order valence-electron chi connectivity index (χ1n) is 8.62. The zero-order valence-electron chi connectivity index (χ0n) is 14.6. The van der Waals surface area contributed by atoms with Crippen LogP contribution in [0.3, 0.4) is 0 Å². The Morgan fingerprint density at radius 1 is 0.963 bits per heavy atom. The average Bonchev–Trinajstić information content (AvgIpc) is 2.67. The van der Waals surface area contributed by atoms with Gasteiger partial charge in [-0.05, 0) is 47.5 Å². The van der Waals surface area contributed by atoms with Crippen LogP contribution >= 0.6 is 0 Å². The third-order valence-electron chi connectivity index (χ3n) is 4.08. The first-order valence-corrected chi connectivity index (χ1v) is 8.62. The Morgan fingerprint density at radius 2 is 1.67 bits per heavy atom. The van der Waals surface area contributed by atoms with Gasteiger partial charge < -0.3 is 15.2 Å². The molecule has 0 aliphatic heterocycles. The van der Waals surface area contributed by atoms with Gasteiger partial charge in [-0.3, -0.25) is 4.79 Å². The summed E-state index contributed by atoms with van der Waals surface area (Å²) in [4.78, 5) is 11.2. The largest absolute Gasteiger partial charge is 0.481 e. The number of benzene rings is 3. The Hall–Kier alpha value is -3.18. The maximum atomic E-state index is 13.1. The van der Waals surface area contributed by atoms with Crippen molar-refractivity contribution in [2.75, 3.05) is 0 Å². The minimum atomic E-state index is -0.919. The molecule has 0 aromatic heterocycles. The third kappa shape index (κ3) is 5.66. The molecule has 0 spiro atoms. The highest BCUT2D eigenvalue weighted by molar-refractivity contribution is 5.68. The van der Waals surface area contributed by atoms with Crippen LogP contribution in [0.25, 0.3) is 0 Å². The van der Waals surface area contributed by atoms with E-state index in [-0.39, 0.29) is 12.2 Å². The number of rotatable bonds is 8. The van der Waals surface area contributed by atoms with Crippen LogP contribution in [0.1, 0.15) is 23.6 Å². The maximum absolute atomic E-state index is 13.1. The van der Waals surface area contributed by atoms with Crippen molar-refractivity contribution in [1.82, 2.24) is 5.32 Å². The van der Waals surface area contributed by atoms with Crippen molar-refractivity contribution in [3.63, 3.8) is 0 Å². The zero-order chi connectivity index (χ0) is 19.1. The number of carboxylic acid groups (broad SMARTS) is 1. The van der Waals surface area contributed by atoms with E-state index in [0.29, 0.717) is 12.3 Å². The Labute approximate surface area is 157 Å². The molecule has 0 bridgehead atoms. The minimum Gasteiger partial charge on any atom is -0.481 e. The number of carboxylic acids is 1. The molecule has 1 atom stereocenters. The highest BCUT2D eigenvalue weighted by Crippen LogP contribution is 2.23. The van der Waals surface area contributed by atoms with E-state index < -0.39 is 12.0 Å². The van der Waals surface area contributed by atoms with Gasteiger partial charge in [-0.25, -0.2) is 4.39 Å². The van der Waals surface area contributed by atoms with Crippen LogP contribution in [0.15, 0.2) is 78.9 Å². The second kappa shape index (κ2) is 8.96. The van der Waals surface area contributed by atoms with Crippen LogP contribution in [0.2, 0.25) is 0 Å². The van der Waals surface area contributed by atoms with Gasteiger partial charge in [-0.15, -0.1) is 0 Å². The molecule has 5 heteroatoms. The molecule has 0 saturated heterocycles. The average molecular weight is 365 g/mol. The van der Waals surface area contributed by atoms with Gasteiger partial charge >= 0.3 is 5.97 Å². The second-order valence-corrected chi connectivity index (χ2v) is 6.15. The minimum absolute atomic E-state index is 0.0914. The van der Waals surface area contributed by atoms with Crippen LogP contribution in [0.5, 0.6) is 11.5 Å². The molecule has 138 valence electrons. The van der Waals surface area contributed by atoms with Crippen molar-refractivity contribution in [3.05, 3.63) is 95.8 Å². The Balaban J connectivity index is 1.68. The SMILES string of the molecule is O=C(O)CC(NCc1cccc(Oc2ccccc2)c1)c1ccc(F)cc1. The number of halogens is 1. The Kier molecular flexibility index (Phi) is 6.18. The van der Waals surface area contributed by atoms with Gasteiger partial charge in [-0.2, -0.15) is 0 Å². The summed E-state index contributed by atoms with van der Waals surface area (Å²) < 4.78 is 19.0. The highest BCUT2D eigenvalue weighted by Gasteiger charge is 2.15. The third-order valence-corrected chi connectivity index (χ3v) is 4.08. The molecule has 0 aliphatic carbocycles. The van der Waals surface area contributed by atoms with Crippen molar-refractivity contribution >= 4 is 5.97 Å². The summed E-state index contributed by atoms with van der Waals surface area (Å²) >= 11 is 0. The van der Waals surface area contributed by atoms with Gasteiger partial charge in [0, 0.05) is 12.6 Å². The predicted molar refractivity (Wildman–Crippen MR) is 101 cm³/mol. The van der Waals surface area contributed by atoms with Crippen molar-refractivity contribution < 1.29 is 19.0 Å². The van der Waals surface area contributed by atoms with Crippen molar-refractivity contribution in [1.29, 1.82) is 0 Å². The van der Waals surface area contributed by atoms with E-state index in [1.807, 2.05) is 54.6 Å². The summed E-state index contributed by atoms with van der Waals surface area (Å²) in [5.41, 5.74) is 1.69. The summed E-state index contributed by atoms with van der Waals surface area (Å²) in [6, 6.07) is 22.5. The molecular weight excluding hydrogens is 345 g/mol. The molecule has 0 aliphatic rings. The monoisotopic (exact) mass is 365 g/mol. The summed E-state index contributed by atoms with van der Waals surface area (Å²) in [5, 5.41) is 12.4. The van der Waals surface area contributed by atoms with Crippen LogP contribution in [-0.2, 0) is 11.3 Å². The molecule has 0 heterocycles. The normalized spacial score (nSPS) is 11.7. The smallest absolute Gasteiger partial charge is 0.305 e. The molecule has 3 aromatic rings. The summed E-state index contributed by atoms with van der Waals surface area (Å²) in [5.74, 6) is 0.186. The number of aliphatic carboxylic acids is 1. The molecule has 0 saturated carbocycles. The van der Waals surface area contributed by atoms with E-state index in [2.05, 4.69) is 5.32 Å². The van der Waals surface area contributed by atoms with Gasteiger partial charge in [0.05, 0.1) is 6.42 Å². The van der Waals surface area contributed by atoms with Crippen LogP contribution in [-0.4, -0.2) is 11.1 Å². The molecule has 0 radical (unpaired) electrons. The second-order valence-electron chi connectivity index (χ2n) is 6.15. The highest BCUT2D eigenvalue weighted by atomic mass is 19.1. The molecular formula is C22H20FNO3. The molecule has 27 heavy (non-hydrogen) atoms. The number of hydrogen-bond donors (Lipinski definition) is 2. The number of hydrogen-bond acceptors (Lipinski definition) is 3. The lowest BCUT2D eigenvalue weighted by molar-refractivity contribution is -0.137.